The van der Waals surface area contributed by atoms with Gasteiger partial charge in [0.1, 0.15) is 17.7 Å². The Morgan fingerprint density at radius 2 is 1.69 bits per heavy atom. The molecule has 19 heteroatoms. The standard InChI is InChI=1S/C53H64N12O6S/c1-32(2)48(52(69)64-30-40(66)22-44(64)51(68)55-25-34-10-12-36(13-11-34)49-33(3)58-31-72-49)46-24-47(61-71-46)70-21-7-6-18-62-19-16-35(17-20-62)37-26-56-53(57-27-37)65-38-14-15-39(65)29-63(28-38)43-23-42(59-60-50(43)54)41-8-4-5-9-45(41)67/h4-5,8-13,23-24,26-27,31-32,35,38-40,44,48,66-67H,6-7,14-22,25,28-30H2,1-3H3,(H2,54,60)(H,55,68)/t38?,39?,40-,44+,48-/m1/s1. The van der Waals surface area contributed by atoms with E-state index in [1.807, 2.05) is 81.1 Å². The van der Waals surface area contributed by atoms with Crippen molar-refractivity contribution in [2.24, 2.45) is 5.92 Å². The lowest BCUT2D eigenvalue weighted by Gasteiger charge is -2.42. The number of phenols is 1. The van der Waals surface area contributed by atoms with E-state index in [2.05, 4.69) is 40.4 Å². The molecule has 2 bridgehead atoms. The Bertz CT molecular complexity index is 2800. The SMILES string of the molecule is Cc1ncsc1-c1ccc(CNC(=O)[C@@H]2C[C@@H](O)CN2C(=O)[C@@H](c2cc(OCCCCN3CCC(c4cnc(N5C6CCC5CN(c5cc(-c7ccccc7O)nnc5N)C6)nc4)CC3)no2)C(C)C)cc1. The molecule has 2 amide bonds. The lowest BCUT2D eigenvalue weighted by molar-refractivity contribution is -0.141. The molecule has 0 radical (unpaired) electrons. The van der Waals surface area contributed by atoms with Crippen molar-refractivity contribution in [2.75, 3.05) is 61.4 Å². The van der Waals surface area contributed by atoms with Crippen LogP contribution in [0.2, 0.25) is 0 Å². The summed E-state index contributed by atoms with van der Waals surface area (Å²) in [6.45, 7) is 11.2. The topological polar surface area (TPSA) is 225 Å². The number of piperazine rings is 1. The average Bonchev–Trinajstić information content (AvgIpc) is 4.19. The Morgan fingerprint density at radius 3 is 2.40 bits per heavy atom. The van der Waals surface area contributed by atoms with Gasteiger partial charge in [0, 0.05) is 68.7 Å². The number of aliphatic hydroxyl groups excluding tert-OH is 1. The highest BCUT2D eigenvalue weighted by Crippen LogP contribution is 2.39. The molecule has 5 atom stereocenters. The smallest absolute Gasteiger partial charge is 0.254 e. The number of amides is 2. The zero-order valence-corrected chi connectivity index (χ0v) is 42.0. The van der Waals surface area contributed by atoms with Gasteiger partial charge in [-0.3, -0.25) is 9.59 Å². The van der Waals surface area contributed by atoms with Crippen LogP contribution in [0.15, 0.2) is 83.1 Å². The second kappa shape index (κ2) is 21.6. The molecule has 18 nitrogen and oxygen atoms in total. The van der Waals surface area contributed by atoms with Crippen molar-refractivity contribution in [3.8, 4) is 33.3 Å². The second-order valence-electron chi connectivity index (χ2n) is 20.1. The van der Waals surface area contributed by atoms with Crippen molar-refractivity contribution in [1.82, 2.24) is 45.4 Å². The van der Waals surface area contributed by atoms with Gasteiger partial charge in [-0.1, -0.05) is 50.2 Å². The predicted molar refractivity (Wildman–Crippen MR) is 275 cm³/mol. The third-order valence-corrected chi connectivity index (χ3v) is 15.9. The van der Waals surface area contributed by atoms with E-state index in [-0.39, 0.29) is 48.5 Å². The number of carbonyl (C=O) groups excluding carboxylic acids is 2. The van der Waals surface area contributed by atoms with Crippen LogP contribution in [0, 0.1) is 12.8 Å². The summed E-state index contributed by atoms with van der Waals surface area (Å²) in [5.41, 5.74) is 14.4. The van der Waals surface area contributed by atoms with Gasteiger partial charge >= 0.3 is 0 Å². The second-order valence-corrected chi connectivity index (χ2v) is 20.9. The summed E-state index contributed by atoms with van der Waals surface area (Å²) < 4.78 is 11.7. The first-order valence-electron chi connectivity index (χ1n) is 25.3. The number of anilines is 3. The van der Waals surface area contributed by atoms with Gasteiger partial charge in [0.05, 0.1) is 40.2 Å². The number of carbonyl (C=O) groups is 2. The summed E-state index contributed by atoms with van der Waals surface area (Å²) in [7, 11) is 0. The normalized spacial score (nSPS) is 20.9. The Morgan fingerprint density at radius 1 is 0.944 bits per heavy atom. The maximum absolute atomic E-state index is 14.1. The Balaban J connectivity index is 0.651. The number of fused-ring (bicyclic) bond motifs is 2. The highest BCUT2D eigenvalue weighted by Gasteiger charge is 2.44. The summed E-state index contributed by atoms with van der Waals surface area (Å²) in [4.78, 5) is 51.6. The van der Waals surface area contributed by atoms with Gasteiger partial charge in [0.15, 0.2) is 11.6 Å². The molecule has 72 heavy (non-hydrogen) atoms. The molecule has 10 rings (SSSR count). The number of aryl methyl sites for hydroxylation is 1. The number of benzene rings is 2. The van der Waals surface area contributed by atoms with Gasteiger partial charge in [0.2, 0.25) is 17.8 Å². The van der Waals surface area contributed by atoms with Gasteiger partial charge in [0.25, 0.3) is 5.88 Å². The van der Waals surface area contributed by atoms with E-state index in [4.69, 9.17) is 25.0 Å². The number of nitrogen functional groups attached to an aromatic ring is 1. The fourth-order valence-corrected chi connectivity index (χ4v) is 11.9. The number of phenolic OH excluding ortho intramolecular Hbond substituents is 1. The highest BCUT2D eigenvalue weighted by molar-refractivity contribution is 7.13. The first-order chi connectivity index (χ1) is 35.0. The van der Waals surface area contributed by atoms with Gasteiger partial charge in [-0.2, -0.15) is 0 Å². The van der Waals surface area contributed by atoms with Crippen LogP contribution in [0.25, 0.3) is 21.7 Å². The largest absolute Gasteiger partial charge is 0.507 e. The third-order valence-electron chi connectivity index (χ3n) is 14.9. The van der Waals surface area contributed by atoms with E-state index in [9.17, 15) is 19.8 Å². The van der Waals surface area contributed by atoms with Crippen molar-refractivity contribution in [1.29, 1.82) is 0 Å². The predicted octanol–water partition coefficient (Wildman–Crippen LogP) is 6.56. The number of para-hydroxylation sites is 1. The van der Waals surface area contributed by atoms with Crippen molar-refractivity contribution in [3.63, 3.8) is 0 Å². The molecule has 0 aliphatic carbocycles. The van der Waals surface area contributed by atoms with Crippen LogP contribution in [-0.2, 0) is 16.1 Å². The number of hydrogen-bond acceptors (Lipinski definition) is 17. The molecule has 6 aromatic rings. The minimum atomic E-state index is -0.810. The zero-order chi connectivity index (χ0) is 49.9. The molecule has 4 saturated heterocycles. The molecule has 4 aliphatic heterocycles. The molecule has 4 aliphatic rings. The lowest BCUT2D eigenvalue weighted by atomic mass is 9.91. The summed E-state index contributed by atoms with van der Waals surface area (Å²) in [5.74, 6) is 0.992. The van der Waals surface area contributed by atoms with Crippen LogP contribution in [0.1, 0.15) is 93.2 Å². The molecule has 4 aromatic heterocycles. The highest BCUT2D eigenvalue weighted by atomic mass is 32.1. The van der Waals surface area contributed by atoms with Gasteiger partial charge in [-0.15, -0.1) is 21.5 Å². The number of rotatable bonds is 17. The average molecular weight is 997 g/mol. The minimum Gasteiger partial charge on any atom is -0.507 e. The number of unbranched alkanes of at least 4 members (excludes halogenated alkanes) is 1. The number of thiazole rings is 1. The Kier molecular flexibility index (Phi) is 14.6. The molecule has 0 spiro atoms. The molecule has 378 valence electrons. The van der Waals surface area contributed by atoms with Crippen molar-refractivity contribution < 1.29 is 29.1 Å². The van der Waals surface area contributed by atoms with E-state index in [1.54, 1.807) is 29.5 Å². The lowest BCUT2D eigenvalue weighted by Crippen LogP contribution is -2.54. The van der Waals surface area contributed by atoms with E-state index in [1.165, 1.54) is 10.5 Å². The number of nitrogens with one attached hydrogen (secondary N) is 1. The number of hydrogen-bond donors (Lipinski definition) is 4. The molecule has 8 heterocycles. The third kappa shape index (κ3) is 10.6. The molecule has 5 N–H and O–H groups in total. The number of piperidine rings is 1. The van der Waals surface area contributed by atoms with E-state index in [0.717, 1.165) is 105 Å². The Labute approximate surface area is 423 Å². The fraction of sp³-hybridized carbons (Fsp3) is 0.472. The maximum atomic E-state index is 14.1. The maximum Gasteiger partial charge on any atom is 0.254 e. The fourth-order valence-electron chi connectivity index (χ4n) is 11.0. The summed E-state index contributed by atoms with van der Waals surface area (Å²) in [6, 6.07) is 18.4. The Hall–Kier alpha value is -6.70. The minimum absolute atomic E-state index is 0.0652. The van der Waals surface area contributed by atoms with E-state index >= 15 is 0 Å². The quantitative estimate of drug-likeness (QED) is 0.0711. The van der Waals surface area contributed by atoms with Crippen LogP contribution in [-0.4, -0.2) is 132 Å². The number of likely N-dealkylation sites (tertiary alicyclic amines) is 2. The van der Waals surface area contributed by atoms with Crippen LogP contribution >= 0.6 is 11.3 Å². The summed E-state index contributed by atoms with van der Waals surface area (Å²) >= 11 is 1.59. The van der Waals surface area contributed by atoms with E-state index in [0.29, 0.717) is 47.8 Å². The number of nitrogens with two attached hydrogens (primary N) is 1. The number of β-amino-alcohol motifs (C(OH)–C–C–N with tert-alkyl or cyclic N) is 1. The number of nitrogens with zero attached hydrogens (tertiary/aromatic N) is 10. The van der Waals surface area contributed by atoms with Crippen LogP contribution in [0.3, 0.4) is 0 Å². The van der Waals surface area contributed by atoms with Gasteiger partial charge in [-0.05, 0) is 117 Å². The molecule has 4 fully saturated rings. The van der Waals surface area contributed by atoms with Crippen molar-refractivity contribution in [2.45, 2.75) is 108 Å². The van der Waals surface area contributed by atoms with E-state index < -0.39 is 18.1 Å². The van der Waals surface area contributed by atoms with Crippen molar-refractivity contribution >= 4 is 40.6 Å². The number of aromatic hydroxyl groups is 1. The number of ether oxygens (including phenoxy) is 1. The van der Waals surface area contributed by atoms with Gasteiger partial charge in [-0.25, -0.2) is 15.0 Å². The zero-order valence-electron chi connectivity index (χ0n) is 41.1. The molecular weight excluding hydrogens is 933 g/mol. The van der Waals surface area contributed by atoms with Gasteiger partial charge < -0.3 is 50.1 Å². The van der Waals surface area contributed by atoms with Crippen LogP contribution in [0.5, 0.6) is 11.6 Å². The van der Waals surface area contributed by atoms with Crippen molar-refractivity contribution in [3.05, 3.63) is 101 Å². The summed E-state index contributed by atoms with van der Waals surface area (Å²) in [5, 5.41) is 36.7. The monoisotopic (exact) mass is 996 g/mol. The first-order valence-corrected chi connectivity index (χ1v) is 26.2. The molecular formula is C53H64N12O6S. The number of aromatic nitrogens is 6. The molecule has 0 saturated carbocycles. The summed E-state index contributed by atoms with van der Waals surface area (Å²) in [6.07, 6.45) is 9.42. The first kappa shape index (κ1) is 48.9. The van der Waals surface area contributed by atoms with Crippen LogP contribution in [0.4, 0.5) is 17.5 Å². The number of aliphatic hydroxyl groups is 1. The van der Waals surface area contributed by atoms with Crippen LogP contribution < -0.4 is 25.6 Å². The molecule has 2 aromatic carbocycles. The molecule has 2 unspecified atom stereocenters.